The number of hydrogen-bond donors (Lipinski definition) is 1. The van der Waals surface area contributed by atoms with E-state index in [9.17, 15) is 0 Å². The highest BCUT2D eigenvalue weighted by Crippen LogP contribution is 2.13. The summed E-state index contributed by atoms with van der Waals surface area (Å²) in [7, 11) is 0. The van der Waals surface area contributed by atoms with E-state index in [1.54, 1.807) is 18.3 Å². The van der Waals surface area contributed by atoms with Gasteiger partial charge in [0.05, 0.1) is 22.9 Å². The molecule has 0 amide bonds. The van der Waals surface area contributed by atoms with Gasteiger partial charge in [-0.1, -0.05) is 30.9 Å². The number of benzene rings is 1. The summed E-state index contributed by atoms with van der Waals surface area (Å²) in [6.45, 7) is 8.07. The maximum atomic E-state index is 4.57. The van der Waals surface area contributed by atoms with Gasteiger partial charge in [-0.15, -0.1) is 6.58 Å². The lowest BCUT2D eigenvalue weighted by molar-refractivity contribution is 0.995. The predicted molar refractivity (Wildman–Crippen MR) is 75.9 cm³/mol. The number of nitrogens with one attached hydrogen (secondary N) is 1. The van der Waals surface area contributed by atoms with Crippen molar-refractivity contribution in [2.24, 2.45) is 0 Å². The minimum atomic E-state index is 0.675. The smallest absolute Gasteiger partial charge is 0.105 e. The zero-order valence-corrected chi connectivity index (χ0v) is 10.1. The zero-order chi connectivity index (χ0) is 12.8. The molecule has 1 heterocycles. The Balaban J connectivity index is 2.41. The van der Waals surface area contributed by atoms with E-state index in [0.717, 1.165) is 22.4 Å². The van der Waals surface area contributed by atoms with Crippen molar-refractivity contribution in [3.63, 3.8) is 0 Å². The van der Waals surface area contributed by atoms with Gasteiger partial charge in [0.2, 0.25) is 0 Å². The third-order valence-corrected chi connectivity index (χ3v) is 2.45. The van der Waals surface area contributed by atoms with Crippen LogP contribution in [0.3, 0.4) is 0 Å². The van der Waals surface area contributed by atoms with Crippen molar-refractivity contribution >= 4 is 16.7 Å². The quantitative estimate of drug-likeness (QED) is 0.641. The highest BCUT2D eigenvalue weighted by molar-refractivity contribution is 5.76. The van der Waals surface area contributed by atoms with Crippen LogP contribution >= 0.6 is 0 Å². The first-order valence-corrected chi connectivity index (χ1v) is 5.75. The molecule has 0 aliphatic rings. The summed E-state index contributed by atoms with van der Waals surface area (Å²) in [5.41, 5.74) is 3.46. The monoisotopic (exact) mass is 237 g/mol. The molecule has 0 unspecified atom stereocenters. The number of nitrogens with zero attached hydrogens (tertiary/aromatic N) is 2. The molecule has 3 heteroatoms. The van der Waals surface area contributed by atoms with Gasteiger partial charge in [0.15, 0.2) is 0 Å². The lowest BCUT2D eigenvalue weighted by atomic mass is 10.2. The Labute approximate surface area is 107 Å². The fraction of sp³-hybridized carbons (Fsp3) is 0.0667. The summed E-state index contributed by atoms with van der Waals surface area (Å²) in [4.78, 5) is 8.96. The van der Waals surface area contributed by atoms with Crippen molar-refractivity contribution in [3.8, 4) is 0 Å². The molecule has 0 fully saturated rings. The van der Waals surface area contributed by atoms with Crippen molar-refractivity contribution in [3.05, 3.63) is 67.5 Å². The summed E-state index contributed by atoms with van der Waals surface area (Å²) < 4.78 is 0. The molecule has 1 aromatic heterocycles. The summed E-state index contributed by atoms with van der Waals surface area (Å²) in [5.74, 6) is 0. The Kier molecular flexibility index (Phi) is 3.86. The molecule has 2 aromatic rings. The van der Waals surface area contributed by atoms with Crippen LogP contribution in [0.15, 0.2) is 61.8 Å². The maximum Gasteiger partial charge on any atom is 0.105 e. The number of hydrogen-bond acceptors (Lipinski definition) is 3. The van der Waals surface area contributed by atoms with Crippen molar-refractivity contribution in [2.75, 3.05) is 6.54 Å². The first-order chi connectivity index (χ1) is 8.85. The minimum Gasteiger partial charge on any atom is -0.380 e. The molecular formula is C15H15N3. The van der Waals surface area contributed by atoms with Crippen LogP contribution in [0, 0.1) is 0 Å². The second-order valence-corrected chi connectivity index (χ2v) is 3.73. The summed E-state index contributed by atoms with van der Waals surface area (Å²) in [6.07, 6.45) is 7.16. The third-order valence-electron chi connectivity index (χ3n) is 2.45. The topological polar surface area (TPSA) is 37.8 Å². The van der Waals surface area contributed by atoms with Crippen molar-refractivity contribution < 1.29 is 0 Å². The lowest BCUT2D eigenvalue weighted by Crippen LogP contribution is -2.13. The van der Waals surface area contributed by atoms with Gasteiger partial charge < -0.3 is 5.32 Å². The van der Waals surface area contributed by atoms with E-state index in [1.807, 2.05) is 30.3 Å². The Hall–Kier alpha value is -2.42. The van der Waals surface area contributed by atoms with Gasteiger partial charge in [0.25, 0.3) is 0 Å². The molecule has 0 bridgehead atoms. The lowest BCUT2D eigenvalue weighted by Gasteiger charge is -2.08. The Bertz CT molecular complexity index is 599. The molecular weight excluding hydrogens is 222 g/mol. The van der Waals surface area contributed by atoms with E-state index >= 15 is 0 Å². The van der Waals surface area contributed by atoms with Crippen molar-refractivity contribution in [1.29, 1.82) is 0 Å². The van der Waals surface area contributed by atoms with E-state index < -0.39 is 0 Å². The average Bonchev–Trinajstić information content (AvgIpc) is 2.43. The Morgan fingerprint density at radius 3 is 2.72 bits per heavy atom. The fourth-order valence-corrected chi connectivity index (χ4v) is 1.62. The van der Waals surface area contributed by atoms with Gasteiger partial charge in [-0.05, 0) is 18.2 Å². The molecule has 2 rings (SSSR count). The first kappa shape index (κ1) is 12.0. The van der Waals surface area contributed by atoms with E-state index in [1.165, 1.54) is 0 Å². The fourth-order valence-electron chi connectivity index (χ4n) is 1.62. The van der Waals surface area contributed by atoms with Crippen LogP contribution in [0.2, 0.25) is 0 Å². The van der Waals surface area contributed by atoms with Gasteiger partial charge in [-0.3, -0.25) is 4.98 Å². The number of aromatic nitrogens is 2. The van der Waals surface area contributed by atoms with Crippen LogP contribution < -0.4 is 5.32 Å². The van der Waals surface area contributed by atoms with Crippen LogP contribution in [0.5, 0.6) is 0 Å². The molecule has 0 saturated heterocycles. The molecule has 0 aliphatic heterocycles. The average molecular weight is 237 g/mol. The molecule has 18 heavy (non-hydrogen) atoms. The predicted octanol–water partition coefficient (Wildman–Crippen LogP) is 2.93. The highest BCUT2D eigenvalue weighted by Gasteiger charge is 2.03. The van der Waals surface area contributed by atoms with Crippen LogP contribution in [-0.2, 0) is 0 Å². The zero-order valence-electron chi connectivity index (χ0n) is 10.1. The second kappa shape index (κ2) is 5.77. The molecule has 0 saturated carbocycles. The number of rotatable bonds is 5. The third kappa shape index (κ3) is 2.63. The molecule has 3 nitrogen and oxygen atoms in total. The molecule has 1 N–H and O–H groups in total. The molecule has 0 spiro atoms. The SMILES string of the molecule is C=C/C=C(\NCC=C)c1cnc2ccccc2n1. The molecule has 90 valence electrons. The molecule has 1 aromatic carbocycles. The van der Waals surface area contributed by atoms with Gasteiger partial charge in [-0.2, -0.15) is 0 Å². The largest absolute Gasteiger partial charge is 0.380 e. The summed E-state index contributed by atoms with van der Waals surface area (Å²) in [5, 5.41) is 3.22. The highest BCUT2D eigenvalue weighted by atomic mass is 14.9. The molecule has 0 aliphatic carbocycles. The van der Waals surface area contributed by atoms with Crippen molar-refractivity contribution in [2.45, 2.75) is 0 Å². The first-order valence-electron chi connectivity index (χ1n) is 5.75. The van der Waals surface area contributed by atoms with Crippen molar-refractivity contribution in [1.82, 2.24) is 15.3 Å². The molecule has 0 radical (unpaired) electrons. The van der Waals surface area contributed by atoms with Gasteiger partial charge >= 0.3 is 0 Å². The minimum absolute atomic E-state index is 0.675. The second-order valence-electron chi connectivity index (χ2n) is 3.73. The van der Waals surface area contributed by atoms with Crippen LogP contribution in [0.25, 0.3) is 16.7 Å². The van der Waals surface area contributed by atoms with Crippen LogP contribution in [0.4, 0.5) is 0 Å². The van der Waals surface area contributed by atoms with E-state index in [-0.39, 0.29) is 0 Å². The Morgan fingerprint density at radius 1 is 1.22 bits per heavy atom. The Morgan fingerprint density at radius 2 is 2.00 bits per heavy atom. The number of fused-ring (bicyclic) bond motifs is 1. The summed E-state index contributed by atoms with van der Waals surface area (Å²) >= 11 is 0. The number of allylic oxidation sites excluding steroid dienone is 2. The normalized spacial score (nSPS) is 11.2. The summed E-state index contributed by atoms with van der Waals surface area (Å²) in [6, 6.07) is 7.80. The van der Waals surface area contributed by atoms with E-state index in [4.69, 9.17) is 0 Å². The van der Waals surface area contributed by atoms with Gasteiger partial charge in [0, 0.05) is 6.54 Å². The van der Waals surface area contributed by atoms with E-state index in [0.29, 0.717) is 6.54 Å². The molecule has 0 atom stereocenters. The van der Waals surface area contributed by atoms with Crippen LogP contribution in [-0.4, -0.2) is 16.5 Å². The van der Waals surface area contributed by atoms with Gasteiger partial charge in [-0.25, -0.2) is 4.98 Å². The van der Waals surface area contributed by atoms with Gasteiger partial charge in [0.1, 0.15) is 5.69 Å². The number of para-hydroxylation sites is 2. The standard InChI is InChI=1S/C15H15N3/c1-3-7-12(16-10-4-2)15-11-17-13-8-5-6-9-14(13)18-15/h3-9,11,16H,1-2,10H2/b12-7-. The van der Waals surface area contributed by atoms with E-state index in [2.05, 4.69) is 28.4 Å². The maximum absolute atomic E-state index is 4.57. The van der Waals surface area contributed by atoms with Crippen LogP contribution in [0.1, 0.15) is 5.69 Å².